The lowest BCUT2D eigenvalue weighted by atomic mass is 10.0. The van der Waals surface area contributed by atoms with E-state index in [2.05, 4.69) is 5.32 Å². The van der Waals surface area contributed by atoms with Crippen molar-refractivity contribution in [1.82, 2.24) is 5.32 Å². The second-order valence-electron chi connectivity index (χ2n) is 5.34. The van der Waals surface area contributed by atoms with E-state index in [0.29, 0.717) is 6.61 Å². The number of hydrogen-bond acceptors (Lipinski definition) is 4. The lowest BCUT2D eigenvalue weighted by Gasteiger charge is -2.26. The molecular formula is C18H24ClNO3. The predicted octanol–water partition coefficient (Wildman–Crippen LogP) is 2.56. The summed E-state index contributed by atoms with van der Waals surface area (Å²) in [5.74, 6) is 0.806. The van der Waals surface area contributed by atoms with Gasteiger partial charge in [0.1, 0.15) is 12.4 Å². The zero-order valence-electron chi connectivity index (χ0n) is 13.1. The highest BCUT2D eigenvalue weighted by atomic mass is 35.5. The summed E-state index contributed by atoms with van der Waals surface area (Å²) in [5, 5.41) is 23.1. The average molecular weight is 338 g/mol. The topological polar surface area (TPSA) is 61.7 Å². The van der Waals surface area contributed by atoms with Crippen LogP contribution in [0.25, 0.3) is 0 Å². The van der Waals surface area contributed by atoms with Crippen molar-refractivity contribution in [2.75, 3.05) is 13.2 Å². The summed E-state index contributed by atoms with van der Waals surface area (Å²) in [6.07, 6.45) is -0.759. The molecule has 3 N–H and O–H groups in total. The van der Waals surface area contributed by atoms with Gasteiger partial charge in [-0.2, -0.15) is 0 Å². The Morgan fingerprint density at radius 1 is 1.00 bits per heavy atom. The number of aliphatic hydroxyl groups excluding tert-OH is 2. The van der Waals surface area contributed by atoms with Crippen LogP contribution in [-0.4, -0.2) is 35.5 Å². The number of aliphatic hydroxyl groups is 2. The Kier molecular flexibility index (Phi) is 8.66. The third kappa shape index (κ3) is 6.20. The molecule has 2 aromatic rings. The molecule has 126 valence electrons. The SMILES string of the molecule is C[C@@H](COc1ccccc1)N[C@@H](CO)[C@H](O)c1ccccc1.Cl. The van der Waals surface area contributed by atoms with Crippen LogP contribution in [0, 0.1) is 0 Å². The Bertz CT molecular complexity index is 538. The first-order chi connectivity index (χ1) is 10.7. The van der Waals surface area contributed by atoms with Crippen molar-refractivity contribution in [2.45, 2.75) is 25.1 Å². The molecule has 2 aromatic carbocycles. The molecule has 0 radical (unpaired) electrons. The summed E-state index contributed by atoms with van der Waals surface area (Å²) in [6, 6.07) is 18.5. The number of halogens is 1. The molecule has 23 heavy (non-hydrogen) atoms. The second kappa shape index (κ2) is 10.2. The van der Waals surface area contributed by atoms with Crippen LogP contribution in [0.1, 0.15) is 18.6 Å². The molecule has 5 heteroatoms. The highest BCUT2D eigenvalue weighted by molar-refractivity contribution is 5.85. The molecular weight excluding hydrogens is 314 g/mol. The Morgan fingerprint density at radius 3 is 2.13 bits per heavy atom. The van der Waals surface area contributed by atoms with Crippen LogP contribution in [-0.2, 0) is 0 Å². The molecule has 0 saturated heterocycles. The van der Waals surface area contributed by atoms with Crippen LogP contribution >= 0.6 is 12.4 Å². The minimum absolute atomic E-state index is 0. The highest BCUT2D eigenvalue weighted by Gasteiger charge is 2.21. The molecule has 4 nitrogen and oxygen atoms in total. The van der Waals surface area contributed by atoms with Crippen molar-refractivity contribution in [3.8, 4) is 5.75 Å². The van der Waals surface area contributed by atoms with Crippen molar-refractivity contribution < 1.29 is 14.9 Å². The van der Waals surface area contributed by atoms with Gasteiger partial charge in [-0.05, 0) is 24.6 Å². The second-order valence-corrected chi connectivity index (χ2v) is 5.34. The highest BCUT2D eigenvalue weighted by Crippen LogP contribution is 2.17. The van der Waals surface area contributed by atoms with Gasteiger partial charge in [0.25, 0.3) is 0 Å². The average Bonchev–Trinajstić information content (AvgIpc) is 2.59. The summed E-state index contributed by atoms with van der Waals surface area (Å²) < 4.78 is 5.67. The van der Waals surface area contributed by atoms with Crippen LogP contribution in [0.2, 0.25) is 0 Å². The van der Waals surface area contributed by atoms with Crippen molar-refractivity contribution in [3.05, 3.63) is 66.2 Å². The molecule has 0 bridgehead atoms. The van der Waals surface area contributed by atoms with Gasteiger partial charge in [-0.25, -0.2) is 0 Å². The first kappa shape index (κ1) is 19.5. The number of hydrogen-bond donors (Lipinski definition) is 3. The third-order valence-electron chi connectivity index (χ3n) is 3.46. The Balaban J connectivity index is 0.00000264. The number of nitrogens with one attached hydrogen (secondary N) is 1. The molecule has 0 amide bonds. The van der Waals surface area contributed by atoms with Gasteiger partial charge in [-0.15, -0.1) is 12.4 Å². The minimum Gasteiger partial charge on any atom is -0.492 e. The van der Waals surface area contributed by atoms with Gasteiger partial charge in [0.15, 0.2) is 0 Å². The van der Waals surface area contributed by atoms with E-state index in [1.807, 2.05) is 67.6 Å². The monoisotopic (exact) mass is 337 g/mol. The largest absolute Gasteiger partial charge is 0.492 e. The molecule has 2 rings (SSSR count). The van der Waals surface area contributed by atoms with Crippen LogP contribution < -0.4 is 10.1 Å². The first-order valence-electron chi connectivity index (χ1n) is 7.48. The van der Waals surface area contributed by atoms with Gasteiger partial charge in [0, 0.05) is 6.04 Å². The van der Waals surface area contributed by atoms with Crippen LogP contribution in [0.3, 0.4) is 0 Å². The predicted molar refractivity (Wildman–Crippen MR) is 94.1 cm³/mol. The van der Waals surface area contributed by atoms with E-state index in [9.17, 15) is 10.2 Å². The zero-order chi connectivity index (χ0) is 15.8. The lowest BCUT2D eigenvalue weighted by molar-refractivity contribution is 0.0797. The smallest absolute Gasteiger partial charge is 0.119 e. The molecule has 0 saturated carbocycles. The summed E-state index contributed by atoms with van der Waals surface area (Å²) >= 11 is 0. The fraction of sp³-hybridized carbons (Fsp3) is 0.333. The maximum absolute atomic E-state index is 10.4. The van der Waals surface area contributed by atoms with Crippen molar-refractivity contribution in [3.63, 3.8) is 0 Å². The van der Waals surface area contributed by atoms with Gasteiger partial charge in [0.05, 0.1) is 18.8 Å². The number of benzene rings is 2. The zero-order valence-corrected chi connectivity index (χ0v) is 13.9. The molecule has 0 aliphatic carbocycles. The summed E-state index contributed by atoms with van der Waals surface area (Å²) in [5.41, 5.74) is 0.783. The Morgan fingerprint density at radius 2 is 1.57 bits per heavy atom. The fourth-order valence-corrected chi connectivity index (χ4v) is 2.28. The van der Waals surface area contributed by atoms with E-state index < -0.39 is 12.1 Å². The molecule has 3 atom stereocenters. The van der Waals surface area contributed by atoms with Crippen molar-refractivity contribution in [1.29, 1.82) is 0 Å². The van der Waals surface area contributed by atoms with E-state index in [4.69, 9.17) is 4.74 Å². The van der Waals surface area contributed by atoms with E-state index in [1.54, 1.807) is 0 Å². The van der Waals surface area contributed by atoms with Crippen LogP contribution in [0.5, 0.6) is 5.75 Å². The number of rotatable bonds is 8. The van der Waals surface area contributed by atoms with E-state index in [1.165, 1.54) is 0 Å². The summed E-state index contributed by atoms with van der Waals surface area (Å²) in [4.78, 5) is 0. The molecule has 0 heterocycles. The van der Waals surface area contributed by atoms with Crippen LogP contribution in [0.4, 0.5) is 0 Å². The van der Waals surface area contributed by atoms with Gasteiger partial charge >= 0.3 is 0 Å². The molecule has 0 fully saturated rings. The number of para-hydroxylation sites is 1. The van der Waals surface area contributed by atoms with Gasteiger partial charge in [-0.1, -0.05) is 48.5 Å². The van der Waals surface area contributed by atoms with Crippen molar-refractivity contribution in [2.24, 2.45) is 0 Å². The molecule has 0 aliphatic heterocycles. The van der Waals surface area contributed by atoms with Gasteiger partial charge in [0.2, 0.25) is 0 Å². The third-order valence-corrected chi connectivity index (χ3v) is 3.46. The minimum atomic E-state index is -0.759. The first-order valence-corrected chi connectivity index (χ1v) is 7.48. The molecule has 0 aromatic heterocycles. The van der Waals surface area contributed by atoms with Crippen molar-refractivity contribution >= 4 is 12.4 Å². The summed E-state index contributed by atoms with van der Waals surface area (Å²) in [7, 11) is 0. The van der Waals surface area contributed by atoms with Gasteiger partial charge < -0.3 is 20.3 Å². The normalized spacial score (nSPS) is 14.4. The standard InChI is InChI=1S/C18H23NO3.ClH/c1-14(13-22-16-10-6-3-7-11-16)19-17(12-20)18(21)15-8-4-2-5-9-15;/h2-11,14,17-21H,12-13H2,1H3;1H/t14-,17-,18+;/m0./s1. The van der Waals surface area contributed by atoms with E-state index >= 15 is 0 Å². The van der Waals surface area contributed by atoms with E-state index in [-0.39, 0.29) is 25.1 Å². The maximum Gasteiger partial charge on any atom is 0.119 e. The fourth-order valence-electron chi connectivity index (χ4n) is 2.28. The molecule has 0 aliphatic rings. The molecule has 0 unspecified atom stereocenters. The van der Waals surface area contributed by atoms with Gasteiger partial charge in [-0.3, -0.25) is 0 Å². The molecule has 0 spiro atoms. The maximum atomic E-state index is 10.4. The lowest BCUT2D eigenvalue weighted by Crippen LogP contribution is -2.45. The van der Waals surface area contributed by atoms with E-state index in [0.717, 1.165) is 11.3 Å². The quantitative estimate of drug-likeness (QED) is 0.693. The number of ether oxygens (including phenoxy) is 1. The Labute approximate surface area is 143 Å². The Hall–Kier alpha value is -1.59. The van der Waals surface area contributed by atoms with Crippen LogP contribution in [0.15, 0.2) is 60.7 Å². The summed E-state index contributed by atoms with van der Waals surface area (Å²) in [6.45, 7) is 2.27.